The summed E-state index contributed by atoms with van der Waals surface area (Å²) >= 11 is 0. The second kappa shape index (κ2) is 14.1. The van der Waals surface area contributed by atoms with E-state index >= 15 is 0 Å². The van der Waals surface area contributed by atoms with Gasteiger partial charge in [-0.25, -0.2) is 9.59 Å². The minimum atomic E-state index is -1.08. The number of esters is 1. The molecule has 0 bridgehead atoms. The summed E-state index contributed by atoms with van der Waals surface area (Å²) in [6, 6.07) is 16.1. The van der Waals surface area contributed by atoms with Crippen molar-refractivity contribution in [1.82, 2.24) is 10.6 Å². The molecule has 3 amide bonds. The molecule has 0 aliphatic carbocycles. The van der Waals surface area contributed by atoms with Crippen LogP contribution in [0.1, 0.15) is 24.5 Å². The topological polar surface area (TPSA) is 137 Å². The number of nitrogens with one attached hydrogen (secondary N) is 2. The van der Waals surface area contributed by atoms with Crippen molar-refractivity contribution in [2.75, 3.05) is 6.61 Å². The first-order valence-electron chi connectivity index (χ1n) is 10.8. The molecule has 9 nitrogen and oxygen atoms in total. The second-order valence-electron chi connectivity index (χ2n) is 7.30. The summed E-state index contributed by atoms with van der Waals surface area (Å²) in [6.45, 7) is 1.92. The number of carbonyl (C=O) groups is 4. The Kier molecular flexibility index (Phi) is 10.8. The fourth-order valence-corrected chi connectivity index (χ4v) is 2.98. The number of benzene rings is 2. The molecule has 0 heterocycles. The zero-order valence-electron chi connectivity index (χ0n) is 18.9. The Balaban J connectivity index is 2.05. The Morgan fingerprint density at radius 1 is 0.882 bits per heavy atom. The lowest BCUT2D eigenvalue weighted by atomic mass is 10.0. The van der Waals surface area contributed by atoms with E-state index in [-0.39, 0.29) is 26.1 Å². The van der Waals surface area contributed by atoms with Crippen molar-refractivity contribution >= 4 is 23.9 Å². The highest BCUT2D eigenvalue weighted by Gasteiger charge is 2.26. The summed E-state index contributed by atoms with van der Waals surface area (Å²) in [5.74, 6) is -1.97. The third-order valence-corrected chi connectivity index (χ3v) is 4.68. The van der Waals surface area contributed by atoms with Crippen molar-refractivity contribution in [3.05, 3.63) is 83.9 Å². The van der Waals surface area contributed by atoms with E-state index in [1.807, 2.05) is 60.7 Å². The summed E-state index contributed by atoms with van der Waals surface area (Å²) in [7, 11) is 0. The molecule has 2 atom stereocenters. The maximum Gasteiger partial charge on any atom is 0.408 e. The Morgan fingerprint density at radius 2 is 1.50 bits per heavy atom. The first-order chi connectivity index (χ1) is 16.4. The molecule has 0 spiro atoms. The summed E-state index contributed by atoms with van der Waals surface area (Å²) in [4.78, 5) is 48.6. The molecule has 0 unspecified atom stereocenters. The van der Waals surface area contributed by atoms with Crippen LogP contribution in [0.25, 0.3) is 0 Å². The zero-order chi connectivity index (χ0) is 24.8. The van der Waals surface area contributed by atoms with Gasteiger partial charge in [-0.2, -0.15) is 0 Å². The van der Waals surface area contributed by atoms with Crippen molar-refractivity contribution in [2.45, 2.75) is 38.5 Å². The predicted molar refractivity (Wildman–Crippen MR) is 125 cm³/mol. The van der Waals surface area contributed by atoms with Crippen molar-refractivity contribution in [3.8, 4) is 0 Å². The molecule has 0 fully saturated rings. The van der Waals surface area contributed by atoms with Crippen LogP contribution in [0.2, 0.25) is 0 Å². The quantitative estimate of drug-likeness (QED) is 0.323. The monoisotopic (exact) mass is 467 g/mol. The van der Waals surface area contributed by atoms with Gasteiger partial charge < -0.3 is 25.8 Å². The molecule has 34 heavy (non-hydrogen) atoms. The Labute approximate surface area is 198 Å². The average Bonchev–Trinajstić information content (AvgIpc) is 2.83. The summed E-state index contributed by atoms with van der Waals surface area (Å²) in [6.07, 6.45) is 1.92. The minimum absolute atomic E-state index is 0.0175. The number of hydrogen-bond acceptors (Lipinski definition) is 6. The smallest absolute Gasteiger partial charge is 0.408 e. The second-order valence-corrected chi connectivity index (χ2v) is 7.30. The molecule has 180 valence electrons. The molecule has 2 rings (SSSR count). The van der Waals surface area contributed by atoms with Gasteiger partial charge in [0.1, 0.15) is 18.7 Å². The molecule has 0 aliphatic rings. The highest BCUT2D eigenvalue weighted by atomic mass is 16.5. The molecule has 0 aromatic heterocycles. The molecule has 2 aromatic carbocycles. The van der Waals surface area contributed by atoms with Gasteiger partial charge in [0.2, 0.25) is 11.8 Å². The van der Waals surface area contributed by atoms with Gasteiger partial charge in [0.15, 0.2) is 0 Å². The zero-order valence-corrected chi connectivity index (χ0v) is 18.9. The average molecular weight is 468 g/mol. The van der Waals surface area contributed by atoms with E-state index in [0.29, 0.717) is 0 Å². The van der Waals surface area contributed by atoms with Gasteiger partial charge in [0, 0.05) is 12.5 Å². The third-order valence-electron chi connectivity index (χ3n) is 4.68. The first kappa shape index (κ1) is 26.1. The summed E-state index contributed by atoms with van der Waals surface area (Å²) in [5.41, 5.74) is 7.00. The lowest BCUT2D eigenvalue weighted by Crippen LogP contribution is -2.53. The Bertz CT molecular complexity index is 979. The van der Waals surface area contributed by atoms with E-state index < -0.39 is 36.0 Å². The van der Waals surface area contributed by atoms with Crippen molar-refractivity contribution in [2.24, 2.45) is 5.73 Å². The molecule has 4 N–H and O–H groups in total. The number of rotatable bonds is 12. The van der Waals surface area contributed by atoms with Gasteiger partial charge in [-0.15, -0.1) is 0 Å². The van der Waals surface area contributed by atoms with Gasteiger partial charge in [-0.1, -0.05) is 66.7 Å². The molecular weight excluding hydrogens is 438 g/mol. The van der Waals surface area contributed by atoms with Crippen LogP contribution >= 0.6 is 0 Å². The molecule has 2 aromatic rings. The van der Waals surface area contributed by atoms with Crippen LogP contribution in [0.5, 0.6) is 0 Å². The van der Waals surface area contributed by atoms with E-state index in [1.54, 1.807) is 6.92 Å². The van der Waals surface area contributed by atoms with Gasteiger partial charge in [0.25, 0.3) is 0 Å². The fourth-order valence-electron chi connectivity index (χ4n) is 2.98. The molecule has 9 heteroatoms. The number of ether oxygens (including phenoxy) is 2. The summed E-state index contributed by atoms with van der Waals surface area (Å²) < 4.78 is 10.0. The number of nitrogens with two attached hydrogens (primary N) is 1. The molecular formula is C25H29N3O6. The van der Waals surface area contributed by atoms with Crippen LogP contribution < -0.4 is 16.4 Å². The first-order valence-corrected chi connectivity index (χ1v) is 10.8. The fraction of sp³-hybridized carbons (Fsp3) is 0.280. The predicted octanol–water partition coefficient (Wildman–Crippen LogP) is 2.00. The van der Waals surface area contributed by atoms with Gasteiger partial charge in [-0.05, 0) is 24.5 Å². The normalized spacial score (nSPS) is 12.4. The van der Waals surface area contributed by atoms with Crippen LogP contribution in [0.15, 0.2) is 72.8 Å². The molecule has 0 saturated heterocycles. The standard InChI is InChI=1S/C25H29N3O6/c1-2-33-22(29)15-9-14-20(23(26)30)27-24(31)21(16-18-10-5-3-6-11-18)28-25(32)34-17-19-12-7-4-8-13-19/h3-13,15,20-21H,2,14,16-17H2,1H3,(H2,26,30)(H,27,31)(H,28,32)/b15-9+/t20-,21+/m1/s1. The van der Waals surface area contributed by atoms with Crippen LogP contribution in [0.3, 0.4) is 0 Å². The van der Waals surface area contributed by atoms with Crippen LogP contribution in [-0.2, 0) is 36.9 Å². The van der Waals surface area contributed by atoms with E-state index in [1.165, 1.54) is 6.08 Å². The van der Waals surface area contributed by atoms with Gasteiger partial charge >= 0.3 is 12.1 Å². The number of hydrogen-bond donors (Lipinski definition) is 3. The number of amides is 3. The van der Waals surface area contributed by atoms with Crippen LogP contribution in [0, 0.1) is 0 Å². The van der Waals surface area contributed by atoms with E-state index in [4.69, 9.17) is 15.2 Å². The number of carbonyl (C=O) groups excluding carboxylic acids is 4. The highest BCUT2D eigenvalue weighted by molar-refractivity contribution is 5.91. The number of alkyl carbamates (subject to hydrolysis) is 1. The minimum Gasteiger partial charge on any atom is -0.463 e. The lowest BCUT2D eigenvalue weighted by molar-refractivity contribution is -0.137. The lowest BCUT2D eigenvalue weighted by Gasteiger charge is -2.21. The van der Waals surface area contributed by atoms with Crippen molar-refractivity contribution in [1.29, 1.82) is 0 Å². The van der Waals surface area contributed by atoms with E-state index in [0.717, 1.165) is 17.2 Å². The highest BCUT2D eigenvalue weighted by Crippen LogP contribution is 2.06. The number of primary amides is 1. The third kappa shape index (κ3) is 9.56. The van der Waals surface area contributed by atoms with Crippen molar-refractivity contribution in [3.63, 3.8) is 0 Å². The molecule has 0 radical (unpaired) electrons. The Morgan fingerprint density at radius 3 is 2.09 bits per heavy atom. The Hall–Kier alpha value is -4.14. The SMILES string of the molecule is CCOC(=O)/C=C/C[C@@H](NC(=O)[C@H](Cc1ccccc1)NC(=O)OCc1ccccc1)C(N)=O. The summed E-state index contributed by atoms with van der Waals surface area (Å²) in [5, 5.41) is 5.09. The maximum atomic E-state index is 13.0. The van der Waals surface area contributed by atoms with Gasteiger partial charge in [-0.3, -0.25) is 9.59 Å². The van der Waals surface area contributed by atoms with E-state index in [9.17, 15) is 19.2 Å². The largest absolute Gasteiger partial charge is 0.463 e. The van der Waals surface area contributed by atoms with Crippen LogP contribution in [0.4, 0.5) is 4.79 Å². The van der Waals surface area contributed by atoms with Gasteiger partial charge in [0.05, 0.1) is 6.61 Å². The molecule has 0 aliphatic heterocycles. The maximum absolute atomic E-state index is 13.0. The van der Waals surface area contributed by atoms with E-state index in [2.05, 4.69) is 10.6 Å². The van der Waals surface area contributed by atoms with Crippen molar-refractivity contribution < 1.29 is 28.7 Å². The van der Waals surface area contributed by atoms with Crippen LogP contribution in [-0.4, -0.2) is 42.6 Å². The molecule has 0 saturated carbocycles.